The van der Waals surface area contributed by atoms with Crippen LogP contribution in [0.25, 0.3) is 0 Å². The van der Waals surface area contributed by atoms with Gasteiger partial charge in [-0.15, -0.1) is 0 Å². The third-order valence-corrected chi connectivity index (χ3v) is 5.20. The Balaban J connectivity index is 1.70. The first kappa shape index (κ1) is 19.5. The van der Waals surface area contributed by atoms with Crippen LogP contribution in [0, 0.1) is 12.7 Å². The summed E-state index contributed by atoms with van der Waals surface area (Å²) in [5, 5.41) is 0. The van der Waals surface area contributed by atoms with Crippen LogP contribution >= 0.6 is 0 Å². The van der Waals surface area contributed by atoms with Crippen molar-refractivity contribution in [2.45, 2.75) is 52.1 Å². The Morgan fingerprint density at radius 1 is 1.26 bits per heavy atom. The summed E-state index contributed by atoms with van der Waals surface area (Å²) in [4.78, 5) is 21.4. The van der Waals surface area contributed by atoms with E-state index < -0.39 is 0 Å². The number of likely N-dealkylation sites (tertiary alicyclic amines) is 1. The maximum atomic E-state index is 14.1. The van der Waals surface area contributed by atoms with Crippen molar-refractivity contribution in [3.05, 3.63) is 59.7 Å². The molecule has 1 amide bonds. The number of nitrogens with zero attached hydrogens (tertiary/aromatic N) is 3. The van der Waals surface area contributed by atoms with Crippen LogP contribution in [0.3, 0.4) is 0 Å². The number of hydrogen-bond acceptors (Lipinski definition) is 3. The topological polar surface area (TPSA) is 36.4 Å². The van der Waals surface area contributed by atoms with Gasteiger partial charge in [0.05, 0.1) is 5.69 Å². The van der Waals surface area contributed by atoms with E-state index in [1.165, 1.54) is 6.07 Å². The number of pyridine rings is 1. The molecule has 0 N–H and O–H groups in total. The third kappa shape index (κ3) is 4.92. The highest BCUT2D eigenvalue weighted by Crippen LogP contribution is 2.27. The summed E-state index contributed by atoms with van der Waals surface area (Å²) in [6.07, 6.45) is 4.88. The van der Waals surface area contributed by atoms with Crippen molar-refractivity contribution in [1.82, 2.24) is 9.88 Å². The van der Waals surface area contributed by atoms with E-state index in [1.807, 2.05) is 42.3 Å². The molecule has 3 rings (SSSR count). The first-order chi connectivity index (χ1) is 13.1. The Morgan fingerprint density at radius 2 is 2.04 bits per heavy atom. The molecule has 144 valence electrons. The highest BCUT2D eigenvalue weighted by Gasteiger charge is 2.29. The number of halogens is 1. The van der Waals surface area contributed by atoms with E-state index in [2.05, 4.69) is 9.88 Å². The van der Waals surface area contributed by atoms with Crippen LogP contribution in [-0.4, -0.2) is 34.9 Å². The number of aromatic nitrogens is 1. The van der Waals surface area contributed by atoms with E-state index >= 15 is 0 Å². The molecule has 5 heteroatoms. The number of benzene rings is 1. The van der Waals surface area contributed by atoms with Gasteiger partial charge in [0.15, 0.2) is 0 Å². The minimum absolute atomic E-state index is 0.0870. The molecule has 27 heavy (non-hydrogen) atoms. The van der Waals surface area contributed by atoms with Gasteiger partial charge in [0.25, 0.3) is 0 Å². The molecule has 0 atom stereocenters. The first-order valence-electron chi connectivity index (χ1n) is 9.79. The fourth-order valence-corrected chi connectivity index (χ4v) is 3.68. The minimum atomic E-state index is -0.255. The Kier molecular flexibility index (Phi) is 6.56. The van der Waals surface area contributed by atoms with Gasteiger partial charge in [-0.2, -0.15) is 0 Å². The lowest BCUT2D eigenvalue weighted by Crippen LogP contribution is -2.47. The number of carbonyl (C=O) groups is 1. The lowest BCUT2D eigenvalue weighted by atomic mass is 10.0. The van der Waals surface area contributed by atoms with Crippen molar-refractivity contribution in [1.29, 1.82) is 0 Å². The Bertz CT molecular complexity index is 757. The smallest absolute Gasteiger partial charge is 0.227 e. The number of rotatable bonds is 6. The summed E-state index contributed by atoms with van der Waals surface area (Å²) in [6.45, 7) is 6.39. The zero-order valence-corrected chi connectivity index (χ0v) is 16.2. The van der Waals surface area contributed by atoms with Crippen molar-refractivity contribution < 1.29 is 9.18 Å². The summed E-state index contributed by atoms with van der Waals surface area (Å²) in [7, 11) is 0. The molecule has 0 spiro atoms. The Labute approximate surface area is 161 Å². The van der Waals surface area contributed by atoms with Gasteiger partial charge in [0.2, 0.25) is 5.91 Å². The summed E-state index contributed by atoms with van der Waals surface area (Å²) in [5.74, 6) is -0.168. The van der Waals surface area contributed by atoms with Crippen LogP contribution in [0.5, 0.6) is 0 Å². The van der Waals surface area contributed by atoms with Crippen LogP contribution in [0.2, 0.25) is 0 Å². The SMILES string of the molecule is CCCC(=O)N(c1ccc(C)c(F)c1)C1CCN(Cc2ccccn2)CC1. The fraction of sp³-hybridized carbons (Fsp3) is 0.455. The summed E-state index contributed by atoms with van der Waals surface area (Å²) in [5.41, 5.74) is 2.35. The summed E-state index contributed by atoms with van der Waals surface area (Å²) in [6, 6.07) is 11.2. The van der Waals surface area contributed by atoms with Gasteiger partial charge in [0, 0.05) is 44.0 Å². The molecular formula is C22H28FN3O. The van der Waals surface area contributed by atoms with Gasteiger partial charge in [-0.3, -0.25) is 14.7 Å². The average Bonchev–Trinajstić information content (AvgIpc) is 2.67. The monoisotopic (exact) mass is 369 g/mol. The molecule has 1 saturated heterocycles. The molecule has 2 heterocycles. The van der Waals surface area contributed by atoms with Crippen LogP contribution in [0.4, 0.5) is 10.1 Å². The molecule has 0 unspecified atom stereocenters. The molecule has 0 saturated carbocycles. The lowest BCUT2D eigenvalue weighted by molar-refractivity contribution is -0.119. The molecule has 1 aliphatic rings. The first-order valence-corrected chi connectivity index (χ1v) is 9.79. The van der Waals surface area contributed by atoms with Crippen LogP contribution < -0.4 is 4.90 Å². The maximum Gasteiger partial charge on any atom is 0.227 e. The van der Waals surface area contributed by atoms with Crippen molar-refractivity contribution in [3.63, 3.8) is 0 Å². The molecule has 0 radical (unpaired) electrons. The molecule has 1 aliphatic heterocycles. The number of amides is 1. The molecule has 2 aromatic rings. The average molecular weight is 369 g/mol. The second kappa shape index (κ2) is 9.09. The maximum absolute atomic E-state index is 14.1. The standard InChI is InChI=1S/C22H28FN3O/c1-3-6-22(27)26(20-9-8-17(2)21(23)15-20)19-10-13-25(14-11-19)16-18-7-4-5-12-24-18/h4-5,7-9,12,15,19H,3,6,10-11,13-14,16H2,1-2H3. The van der Waals surface area contributed by atoms with Gasteiger partial charge in [-0.1, -0.05) is 19.1 Å². The van der Waals surface area contributed by atoms with E-state index in [-0.39, 0.29) is 17.8 Å². The summed E-state index contributed by atoms with van der Waals surface area (Å²) < 4.78 is 14.1. The van der Waals surface area contributed by atoms with Gasteiger partial charge >= 0.3 is 0 Å². The molecule has 0 aliphatic carbocycles. The van der Waals surface area contributed by atoms with Gasteiger partial charge in [0.1, 0.15) is 5.82 Å². The van der Waals surface area contributed by atoms with E-state index in [0.717, 1.165) is 44.6 Å². The second-order valence-corrected chi connectivity index (χ2v) is 7.28. The van der Waals surface area contributed by atoms with Gasteiger partial charge in [-0.25, -0.2) is 4.39 Å². The van der Waals surface area contributed by atoms with Crippen LogP contribution in [0.1, 0.15) is 43.9 Å². The van der Waals surface area contributed by atoms with E-state index in [1.54, 1.807) is 13.0 Å². The molecule has 1 aromatic heterocycles. The quantitative estimate of drug-likeness (QED) is 0.761. The zero-order chi connectivity index (χ0) is 19.2. The number of piperidine rings is 1. The Morgan fingerprint density at radius 3 is 2.67 bits per heavy atom. The van der Waals surface area contributed by atoms with Gasteiger partial charge < -0.3 is 4.90 Å². The lowest BCUT2D eigenvalue weighted by Gasteiger charge is -2.38. The normalized spacial score (nSPS) is 15.7. The van der Waals surface area contributed by atoms with E-state index in [4.69, 9.17) is 0 Å². The van der Waals surface area contributed by atoms with Crippen molar-refractivity contribution in [2.75, 3.05) is 18.0 Å². The van der Waals surface area contributed by atoms with Crippen molar-refractivity contribution >= 4 is 11.6 Å². The largest absolute Gasteiger partial charge is 0.309 e. The Hall–Kier alpha value is -2.27. The highest BCUT2D eigenvalue weighted by atomic mass is 19.1. The number of aryl methyl sites for hydroxylation is 1. The predicted octanol–water partition coefficient (Wildman–Crippen LogP) is 4.33. The van der Waals surface area contributed by atoms with E-state index in [0.29, 0.717) is 17.7 Å². The van der Waals surface area contributed by atoms with Crippen LogP contribution in [0.15, 0.2) is 42.6 Å². The van der Waals surface area contributed by atoms with Crippen molar-refractivity contribution in [2.24, 2.45) is 0 Å². The minimum Gasteiger partial charge on any atom is -0.309 e. The molecular weight excluding hydrogens is 341 g/mol. The third-order valence-electron chi connectivity index (χ3n) is 5.20. The molecule has 0 bridgehead atoms. The van der Waals surface area contributed by atoms with Crippen molar-refractivity contribution in [3.8, 4) is 0 Å². The number of hydrogen-bond donors (Lipinski definition) is 0. The fourth-order valence-electron chi connectivity index (χ4n) is 3.68. The molecule has 1 fully saturated rings. The van der Waals surface area contributed by atoms with E-state index in [9.17, 15) is 9.18 Å². The summed E-state index contributed by atoms with van der Waals surface area (Å²) >= 11 is 0. The molecule has 1 aromatic carbocycles. The van der Waals surface area contributed by atoms with Crippen LogP contribution in [-0.2, 0) is 11.3 Å². The highest BCUT2D eigenvalue weighted by molar-refractivity contribution is 5.94. The predicted molar refractivity (Wildman–Crippen MR) is 106 cm³/mol. The second-order valence-electron chi connectivity index (χ2n) is 7.28. The number of anilines is 1. The molecule has 4 nitrogen and oxygen atoms in total. The van der Waals surface area contributed by atoms with Gasteiger partial charge in [-0.05, 0) is 56.0 Å². The number of carbonyl (C=O) groups excluding carboxylic acids is 1. The zero-order valence-electron chi connectivity index (χ0n) is 16.2.